The molecule has 9 heteroatoms. The number of hydrogen-bond donors (Lipinski definition) is 2. The van der Waals surface area contributed by atoms with Gasteiger partial charge >= 0.3 is 5.97 Å². The molecule has 0 saturated carbocycles. The maximum Gasteiger partial charge on any atom is 0.337 e. The molecule has 1 aliphatic heterocycles. The molecule has 1 saturated heterocycles. The Bertz CT molecular complexity index is 952. The molecule has 0 spiro atoms. The number of anilines is 1. The van der Waals surface area contributed by atoms with Gasteiger partial charge in [0, 0.05) is 39.3 Å². The number of hydrogen-bond acceptors (Lipinski definition) is 6. The van der Waals surface area contributed by atoms with Crippen molar-refractivity contribution in [3.63, 3.8) is 0 Å². The molecular weight excluding hydrogens is 421 g/mol. The number of piperazine rings is 1. The summed E-state index contributed by atoms with van der Waals surface area (Å²) in [6.07, 6.45) is 0.800. The third-order valence-electron chi connectivity index (χ3n) is 5.34. The summed E-state index contributed by atoms with van der Waals surface area (Å²) in [5.41, 5.74) is 2.31. The highest BCUT2D eigenvalue weighted by molar-refractivity contribution is 7.74. The van der Waals surface area contributed by atoms with E-state index < -0.39 is 22.7 Å². The molecule has 0 aromatic heterocycles. The van der Waals surface area contributed by atoms with Crippen LogP contribution < -0.4 is 9.62 Å². The quantitative estimate of drug-likeness (QED) is 0.450. The van der Waals surface area contributed by atoms with Crippen molar-refractivity contribution in [3.05, 3.63) is 65.0 Å². The minimum Gasteiger partial charge on any atom is -0.465 e. The molecule has 2 aromatic carbocycles. The van der Waals surface area contributed by atoms with Crippen LogP contribution in [0.4, 0.5) is 10.1 Å². The van der Waals surface area contributed by atoms with E-state index in [4.69, 9.17) is 0 Å². The number of nitrogens with one attached hydrogen (secondary N) is 1. The number of benzene rings is 2. The summed E-state index contributed by atoms with van der Waals surface area (Å²) < 4.78 is 43.7. The average Bonchev–Trinajstić information content (AvgIpc) is 2.78. The van der Waals surface area contributed by atoms with Crippen LogP contribution in [-0.4, -0.2) is 59.1 Å². The molecular formula is C22H28FN3O4S. The molecule has 0 aliphatic carbocycles. The molecule has 1 fully saturated rings. The third-order valence-corrected chi connectivity index (χ3v) is 6.16. The molecule has 0 bridgehead atoms. The largest absolute Gasteiger partial charge is 0.465 e. The van der Waals surface area contributed by atoms with Gasteiger partial charge in [0.25, 0.3) is 0 Å². The number of nitrogens with zero attached hydrogens (tertiary/aromatic N) is 2. The van der Waals surface area contributed by atoms with Crippen molar-refractivity contribution in [3.8, 4) is 0 Å². The van der Waals surface area contributed by atoms with E-state index in [1.165, 1.54) is 23.5 Å². The van der Waals surface area contributed by atoms with Crippen molar-refractivity contribution in [2.45, 2.75) is 19.4 Å². The van der Waals surface area contributed by atoms with Crippen LogP contribution >= 0.6 is 0 Å². The Morgan fingerprint density at radius 3 is 2.48 bits per heavy atom. The van der Waals surface area contributed by atoms with E-state index in [-0.39, 0.29) is 12.1 Å². The van der Waals surface area contributed by atoms with Crippen molar-refractivity contribution in [1.29, 1.82) is 0 Å². The Labute approximate surface area is 183 Å². The zero-order valence-corrected chi connectivity index (χ0v) is 18.4. The Balaban J connectivity index is 1.58. The van der Waals surface area contributed by atoms with Gasteiger partial charge in [-0.1, -0.05) is 18.2 Å². The number of carbonyl (C=O) groups excluding carboxylic acids is 1. The molecule has 1 aliphatic rings. The number of esters is 1. The van der Waals surface area contributed by atoms with Gasteiger partial charge in [0.1, 0.15) is 5.82 Å². The van der Waals surface area contributed by atoms with Gasteiger partial charge in [-0.05, 0) is 48.2 Å². The van der Waals surface area contributed by atoms with Crippen LogP contribution in [0.15, 0.2) is 42.5 Å². The smallest absolute Gasteiger partial charge is 0.337 e. The number of halogens is 1. The van der Waals surface area contributed by atoms with Gasteiger partial charge in [0.2, 0.25) is 10.9 Å². The summed E-state index contributed by atoms with van der Waals surface area (Å²) >= 11 is 0. The van der Waals surface area contributed by atoms with Gasteiger partial charge in [-0.2, -0.15) is 0 Å². The van der Waals surface area contributed by atoms with Crippen molar-refractivity contribution in [1.82, 2.24) is 10.2 Å². The summed E-state index contributed by atoms with van der Waals surface area (Å²) in [6.45, 7) is 5.04. The lowest BCUT2D eigenvalue weighted by molar-refractivity contribution is 0.0600. The van der Waals surface area contributed by atoms with E-state index in [2.05, 4.69) is 15.0 Å². The van der Waals surface area contributed by atoms with E-state index in [0.29, 0.717) is 24.1 Å². The molecule has 1 heterocycles. The minimum atomic E-state index is -2.81. The first-order valence-corrected chi connectivity index (χ1v) is 11.4. The zero-order valence-electron chi connectivity index (χ0n) is 17.6. The fraction of sp³-hybridized carbons (Fsp3) is 0.409. The van der Waals surface area contributed by atoms with Crippen molar-refractivity contribution in [2.24, 2.45) is 0 Å². The first-order chi connectivity index (χ1) is 15.0. The predicted molar refractivity (Wildman–Crippen MR) is 118 cm³/mol. The lowest BCUT2D eigenvalue weighted by Crippen LogP contribution is -2.42. The van der Waals surface area contributed by atoms with E-state index in [1.807, 2.05) is 24.3 Å². The number of aryl methyl sites for hydroxylation is 1. The highest BCUT2D eigenvalue weighted by atomic mass is 32.2. The molecule has 1 N–H and O–H groups in total. The van der Waals surface area contributed by atoms with E-state index in [0.717, 1.165) is 44.4 Å². The van der Waals surface area contributed by atoms with Gasteiger partial charge in [-0.25, -0.2) is 17.6 Å². The van der Waals surface area contributed by atoms with Crippen molar-refractivity contribution < 1.29 is 22.3 Å². The average molecular weight is 450 g/mol. The summed E-state index contributed by atoms with van der Waals surface area (Å²) in [6, 6.07) is 11.7. The maximum atomic E-state index is 14.2. The lowest BCUT2D eigenvalue weighted by atomic mass is 10.1. The second-order valence-corrected chi connectivity index (χ2v) is 8.41. The number of rotatable bonds is 9. The SMILES string of the molecule is COC(=O)c1ccc(CCCN(c2ccc(CN3CCNCC3)cc2)[SH](=O)=O)c(F)c1. The summed E-state index contributed by atoms with van der Waals surface area (Å²) in [4.78, 5) is 13.8. The Morgan fingerprint density at radius 2 is 1.87 bits per heavy atom. The van der Waals surface area contributed by atoms with Crippen LogP contribution in [0.2, 0.25) is 0 Å². The Kier molecular flexibility index (Phi) is 8.39. The molecule has 0 amide bonds. The van der Waals surface area contributed by atoms with E-state index in [9.17, 15) is 17.6 Å². The highest BCUT2D eigenvalue weighted by Crippen LogP contribution is 2.19. The van der Waals surface area contributed by atoms with Gasteiger partial charge in [-0.3, -0.25) is 9.21 Å². The van der Waals surface area contributed by atoms with Crippen molar-refractivity contribution in [2.75, 3.05) is 44.1 Å². The third kappa shape index (κ3) is 6.49. The van der Waals surface area contributed by atoms with Crippen LogP contribution in [0.3, 0.4) is 0 Å². The van der Waals surface area contributed by atoms with Gasteiger partial charge in [0.05, 0.1) is 18.4 Å². The van der Waals surface area contributed by atoms with Crippen LogP contribution in [0.1, 0.15) is 27.9 Å². The summed E-state index contributed by atoms with van der Waals surface area (Å²) in [5.74, 6) is -1.10. The fourth-order valence-corrected chi connectivity index (χ4v) is 4.25. The molecule has 7 nitrogen and oxygen atoms in total. The Hall–Kier alpha value is -2.49. The molecule has 2 aromatic rings. The predicted octanol–water partition coefficient (Wildman–Crippen LogP) is 1.98. The lowest BCUT2D eigenvalue weighted by Gasteiger charge is -2.27. The molecule has 0 unspecified atom stereocenters. The van der Waals surface area contributed by atoms with Crippen LogP contribution in [0, 0.1) is 5.82 Å². The molecule has 31 heavy (non-hydrogen) atoms. The van der Waals surface area contributed by atoms with Crippen molar-refractivity contribution >= 4 is 22.5 Å². The topological polar surface area (TPSA) is 79.0 Å². The number of thiol groups is 1. The zero-order chi connectivity index (χ0) is 22.2. The molecule has 168 valence electrons. The number of methoxy groups -OCH3 is 1. The standard InChI is InChI=1S/C22H28FN3O4S/c1-30-22(27)19-7-6-18(21(23)15-19)3-2-12-26(31(28)29)20-8-4-17(5-9-20)16-25-13-10-24-11-14-25/h4-9,15,24,31H,2-3,10-14,16H2,1H3. The van der Waals surface area contributed by atoms with Crippen LogP contribution in [0.25, 0.3) is 0 Å². The molecule has 3 rings (SSSR count). The second kappa shape index (κ2) is 11.2. The molecule has 0 atom stereocenters. The highest BCUT2D eigenvalue weighted by Gasteiger charge is 2.13. The first kappa shape index (κ1) is 23.2. The Morgan fingerprint density at radius 1 is 1.16 bits per heavy atom. The monoisotopic (exact) mass is 449 g/mol. The van der Waals surface area contributed by atoms with Gasteiger partial charge in [0.15, 0.2) is 0 Å². The number of ether oxygens (including phenoxy) is 1. The minimum absolute atomic E-state index is 0.147. The summed E-state index contributed by atoms with van der Waals surface area (Å²) in [5, 5.41) is 3.32. The van der Waals surface area contributed by atoms with Gasteiger partial charge in [-0.15, -0.1) is 0 Å². The maximum absolute atomic E-state index is 14.2. The number of carbonyl (C=O) groups is 1. The normalized spacial score (nSPS) is 14.5. The molecule has 0 radical (unpaired) electrons. The van der Waals surface area contributed by atoms with Crippen LogP contribution in [-0.2, 0) is 28.6 Å². The van der Waals surface area contributed by atoms with E-state index >= 15 is 0 Å². The first-order valence-electron chi connectivity index (χ1n) is 10.3. The fourth-order valence-electron chi connectivity index (χ4n) is 3.62. The summed E-state index contributed by atoms with van der Waals surface area (Å²) in [7, 11) is -1.57. The second-order valence-electron chi connectivity index (χ2n) is 7.45. The van der Waals surface area contributed by atoms with Crippen LogP contribution in [0.5, 0.6) is 0 Å². The van der Waals surface area contributed by atoms with Gasteiger partial charge < -0.3 is 10.1 Å². The van der Waals surface area contributed by atoms with E-state index in [1.54, 1.807) is 0 Å².